The van der Waals surface area contributed by atoms with Crippen molar-refractivity contribution in [2.45, 2.75) is 31.2 Å². The molecule has 0 N–H and O–H groups in total. The van der Waals surface area contributed by atoms with Crippen LogP contribution in [0.1, 0.15) is 52.9 Å². The molecule has 9 nitrogen and oxygen atoms in total. The van der Waals surface area contributed by atoms with Gasteiger partial charge in [-0.15, -0.1) is 0 Å². The molecule has 10 heteroatoms. The maximum absolute atomic E-state index is 15.4. The Hall–Kier alpha value is -5.25. The maximum atomic E-state index is 15.4. The van der Waals surface area contributed by atoms with Crippen molar-refractivity contribution in [1.29, 1.82) is 0 Å². The van der Waals surface area contributed by atoms with E-state index < -0.39 is 46.8 Å². The van der Waals surface area contributed by atoms with E-state index in [0.717, 1.165) is 19.1 Å². The first-order valence-corrected chi connectivity index (χ1v) is 15.0. The molecule has 0 fully saturated rings. The van der Waals surface area contributed by atoms with Crippen molar-refractivity contribution >= 4 is 35.4 Å². The summed E-state index contributed by atoms with van der Waals surface area (Å²) in [4.78, 5) is 61.1. The summed E-state index contributed by atoms with van der Waals surface area (Å²) in [6.45, 7) is 2.29. The Morgan fingerprint density at radius 1 is 0.935 bits per heavy atom. The van der Waals surface area contributed by atoms with Crippen LogP contribution in [0, 0.1) is 11.7 Å². The summed E-state index contributed by atoms with van der Waals surface area (Å²) in [7, 11) is 3.80. The number of hydrogen-bond donors (Lipinski definition) is 0. The van der Waals surface area contributed by atoms with Gasteiger partial charge in [-0.2, -0.15) is 0 Å². The van der Waals surface area contributed by atoms with Crippen molar-refractivity contribution in [1.82, 2.24) is 4.90 Å². The summed E-state index contributed by atoms with van der Waals surface area (Å²) in [5, 5.41) is 0. The molecule has 3 aliphatic rings. The zero-order chi connectivity index (χ0) is 32.7. The van der Waals surface area contributed by atoms with E-state index in [4.69, 9.17) is 14.2 Å². The number of benzene rings is 3. The van der Waals surface area contributed by atoms with Gasteiger partial charge in [-0.3, -0.25) is 9.59 Å². The second-order valence-corrected chi connectivity index (χ2v) is 11.4. The van der Waals surface area contributed by atoms with Gasteiger partial charge in [0.1, 0.15) is 22.7 Å². The van der Waals surface area contributed by atoms with Crippen molar-refractivity contribution in [3.63, 3.8) is 0 Å². The van der Waals surface area contributed by atoms with Crippen LogP contribution in [-0.2, 0) is 29.3 Å². The van der Waals surface area contributed by atoms with Crippen molar-refractivity contribution < 1.29 is 37.8 Å². The average Bonchev–Trinajstić information content (AvgIpc) is 3.32. The lowest BCUT2D eigenvalue weighted by Crippen LogP contribution is -2.61. The van der Waals surface area contributed by atoms with Gasteiger partial charge in [0.05, 0.1) is 38.9 Å². The number of unbranched alkanes of at least 4 members (excludes halogenated alkanes) is 1. The van der Waals surface area contributed by atoms with Crippen molar-refractivity contribution in [2.75, 3.05) is 32.8 Å². The van der Waals surface area contributed by atoms with Gasteiger partial charge in [-0.25, -0.2) is 14.0 Å². The number of nitrogens with zero attached hydrogens (tertiary/aromatic N) is 2. The smallest absolute Gasteiger partial charge is 0.355 e. The van der Waals surface area contributed by atoms with E-state index in [9.17, 15) is 9.59 Å². The van der Waals surface area contributed by atoms with Gasteiger partial charge in [0.2, 0.25) is 5.91 Å². The molecular formula is C36H33FN2O7. The molecule has 0 bridgehead atoms. The van der Waals surface area contributed by atoms with Gasteiger partial charge in [0, 0.05) is 24.0 Å². The Morgan fingerprint density at radius 3 is 2.33 bits per heavy atom. The third kappa shape index (κ3) is 4.42. The lowest BCUT2D eigenvalue weighted by Gasteiger charge is -2.52. The van der Waals surface area contributed by atoms with Crippen LogP contribution in [0.3, 0.4) is 0 Å². The Bertz CT molecular complexity index is 1810. The van der Waals surface area contributed by atoms with Gasteiger partial charge in [0.25, 0.3) is 0 Å². The predicted octanol–water partition coefficient (Wildman–Crippen LogP) is 5.36. The Balaban J connectivity index is 1.79. The van der Waals surface area contributed by atoms with Crippen LogP contribution in [0.15, 0.2) is 84.2 Å². The normalized spacial score (nSPS) is 21.1. The first-order valence-electron chi connectivity index (χ1n) is 15.0. The molecule has 3 aliphatic heterocycles. The molecule has 6 rings (SSSR count). The largest absolute Gasteiger partial charge is 0.497 e. The minimum atomic E-state index is -1.91. The molecule has 3 atom stereocenters. The van der Waals surface area contributed by atoms with Crippen LogP contribution in [0.5, 0.6) is 5.75 Å². The van der Waals surface area contributed by atoms with Gasteiger partial charge in [-0.05, 0) is 71.7 Å². The molecule has 1 unspecified atom stereocenters. The van der Waals surface area contributed by atoms with Crippen LogP contribution in [0.25, 0.3) is 6.08 Å². The number of anilines is 1. The Morgan fingerprint density at radius 2 is 1.65 bits per heavy atom. The van der Waals surface area contributed by atoms with Gasteiger partial charge >= 0.3 is 11.9 Å². The molecule has 1 spiro atoms. The zero-order valence-electron chi connectivity index (χ0n) is 25.9. The topological polar surface area (TPSA) is 102 Å². The predicted molar refractivity (Wildman–Crippen MR) is 167 cm³/mol. The highest BCUT2D eigenvalue weighted by Gasteiger charge is 2.69. The van der Waals surface area contributed by atoms with Crippen LogP contribution in [0.2, 0.25) is 0 Å². The van der Waals surface area contributed by atoms with Crippen LogP contribution in [0.4, 0.5) is 10.1 Å². The van der Waals surface area contributed by atoms with Crippen LogP contribution in [-0.4, -0.2) is 56.4 Å². The first-order chi connectivity index (χ1) is 22.2. The number of amides is 1. The number of ether oxygens (including phenoxy) is 3. The van der Waals surface area contributed by atoms with E-state index in [-0.39, 0.29) is 22.4 Å². The van der Waals surface area contributed by atoms with E-state index in [2.05, 4.69) is 0 Å². The third-order valence-corrected chi connectivity index (χ3v) is 9.12. The number of rotatable bonds is 8. The molecule has 0 saturated heterocycles. The number of carbonyl (C=O) groups excluding carboxylic acids is 4. The number of esters is 2. The molecule has 0 saturated carbocycles. The molecule has 3 heterocycles. The SMILES string of the molecule is CCCCN1C(=O)[C@]2(c3cc(F)ccc31)C(C(=O)c1ccc(OC)cc1)C(C(=O)OC)=C(C(=O)OC)N1C=Cc3ccccc3[C@@H]12. The molecular weight excluding hydrogens is 591 g/mol. The highest BCUT2D eigenvalue weighted by atomic mass is 19.1. The summed E-state index contributed by atoms with van der Waals surface area (Å²) in [5.41, 5.74) is -0.315. The standard InChI is InChI=1S/C36H33FN2O7/c1-5-6-18-38-27-16-13-23(37)20-26(27)36(35(38)43)29(31(40)22-11-14-24(44-2)15-12-22)28(33(41)45-3)30(34(42)46-4)39-19-17-21-9-7-8-10-25(21)32(36)39/h7-17,19-20,29,32H,5-6,18H2,1-4H3/t29?,32-,36-/m1/s1. The molecule has 3 aromatic rings. The maximum Gasteiger partial charge on any atom is 0.355 e. The summed E-state index contributed by atoms with van der Waals surface area (Å²) >= 11 is 0. The zero-order valence-corrected chi connectivity index (χ0v) is 25.9. The molecule has 0 aliphatic carbocycles. The number of fused-ring (bicyclic) bond motifs is 6. The van der Waals surface area contributed by atoms with Gasteiger partial charge < -0.3 is 24.0 Å². The second-order valence-electron chi connectivity index (χ2n) is 11.4. The number of hydrogen-bond acceptors (Lipinski definition) is 8. The molecule has 3 aromatic carbocycles. The van der Waals surface area contributed by atoms with Gasteiger partial charge in [0.15, 0.2) is 5.78 Å². The van der Waals surface area contributed by atoms with E-state index in [0.29, 0.717) is 30.0 Å². The third-order valence-electron chi connectivity index (χ3n) is 9.12. The fraction of sp³-hybridized carbons (Fsp3) is 0.278. The first kappa shape index (κ1) is 30.8. The van der Waals surface area contributed by atoms with E-state index in [1.54, 1.807) is 35.4 Å². The minimum Gasteiger partial charge on any atom is -0.497 e. The number of methoxy groups -OCH3 is 3. The van der Waals surface area contributed by atoms with Gasteiger partial charge in [-0.1, -0.05) is 37.6 Å². The molecule has 0 radical (unpaired) electrons. The number of carbonyl (C=O) groups is 4. The summed E-state index contributed by atoms with van der Waals surface area (Å²) in [6, 6.07) is 16.6. The van der Waals surface area contributed by atoms with Crippen LogP contribution < -0.4 is 9.64 Å². The quantitative estimate of drug-likeness (QED) is 0.244. The number of ketones is 1. The van der Waals surface area contributed by atoms with Crippen molar-refractivity contribution in [3.8, 4) is 5.75 Å². The van der Waals surface area contributed by atoms with Crippen LogP contribution >= 0.6 is 0 Å². The lowest BCUT2D eigenvalue weighted by atomic mass is 9.56. The highest BCUT2D eigenvalue weighted by molar-refractivity contribution is 6.19. The highest BCUT2D eigenvalue weighted by Crippen LogP contribution is 2.62. The Kier molecular flexibility index (Phi) is 7.97. The second kappa shape index (κ2) is 11.9. The van der Waals surface area contributed by atoms with Crippen molar-refractivity contribution in [2.24, 2.45) is 5.92 Å². The molecule has 1 amide bonds. The minimum absolute atomic E-state index is 0.154. The fourth-order valence-electron chi connectivity index (χ4n) is 7.14. The van der Waals surface area contributed by atoms with E-state index in [1.165, 1.54) is 49.5 Å². The Labute approximate surface area is 265 Å². The average molecular weight is 625 g/mol. The lowest BCUT2D eigenvalue weighted by molar-refractivity contribution is -0.144. The monoisotopic (exact) mass is 624 g/mol. The molecule has 46 heavy (non-hydrogen) atoms. The molecule has 236 valence electrons. The van der Waals surface area contributed by atoms with E-state index in [1.807, 2.05) is 25.1 Å². The molecule has 0 aromatic heterocycles. The summed E-state index contributed by atoms with van der Waals surface area (Å²) in [5.74, 6) is -4.76. The summed E-state index contributed by atoms with van der Waals surface area (Å²) in [6.07, 6.45) is 4.75. The van der Waals surface area contributed by atoms with E-state index >= 15 is 14.0 Å². The van der Waals surface area contributed by atoms with Crippen molar-refractivity contribution in [3.05, 3.63) is 112 Å². The fourth-order valence-corrected chi connectivity index (χ4v) is 7.14. The number of Topliss-reactive ketones (excluding diaryl/α,β-unsaturated/α-hetero) is 1. The summed E-state index contributed by atoms with van der Waals surface area (Å²) < 4.78 is 31.1. The number of halogens is 1.